The third-order valence-corrected chi connectivity index (χ3v) is 10.5. The van der Waals surface area contributed by atoms with E-state index in [0.29, 0.717) is 36.8 Å². The molecule has 1 spiro atoms. The summed E-state index contributed by atoms with van der Waals surface area (Å²) in [5.41, 5.74) is 0.404. The third kappa shape index (κ3) is 7.00. The number of carbonyl (C=O) groups excluding carboxylic acids is 2. The second-order valence-corrected chi connectivity index (χ2v) is 14.4. The Morgan fingerprint density at radius 3 is 2.14 bits per heavy atom. The Kier molecular flexibility index (Phi) is 9.57. The maximum atomic E-state index is 13.8. The van der Waals surface area contributed by atoms with E-state index in [1.54, 1.807) is 24.3 Å². The number of hydrogen-bond acceptors (Lipinski definition) is 6. The molecule has 2 aliphatic heterocycles. The van der Waals surface area contributed by atoms with Gasteiger partial charge in [0.15, 0.2) is 9.84 Å². The van der Waals surface area contributed by atoms with E-state index in [1.807, 2.05) is 29.2 Å². The first-order chi connectivity index (χ1) is 20.2. The number of amides is 2. The van der Waals surface area contributed by atoms with Gasteiger partial charge in [-0.15, -0.1) is 0 Å². The number of likely N-dealkylation sites (tertiary alicyclic amines) is 1. The highest BCUT2D eigenvalue weighted by Gasteiger charge is 2.53. The lowest BCUT2D eigenvalue weighted by molar-refractivity contribution is -0.162. The van der Waals surface area contributed by atoms with Gasteiger partial charge in [-0.2, -0.15) is 0 Å². The van der Waals surface area contributed by atoms with Crippen LogP contribution in [0.15, 0.2) is 53.4 Å². The van der Waals surface area contributed by atoms with Crippen LogP contribution >= 0.6 is 0 Å². The average molecular weight is 596 g/mol. The van der Waals surface area contributed by atoms with Crippen LogP contribution in [0.5, 0.6) is 11.5 Å². The molecule has 1 aliphatic carbocycles. The molecule has 2 heterocycles. The molecule has 0 bridgehead atoms. The zero-order valence-corrected chi connectivity index (χ0v) is 25.8. The van der Waals surface area contributed by atoms with Crippen LogP contribution in [0.1, 0.15) is 76.7 Å². The minimum Gasteiger partial charge on any atom is -0.457 e. The Balaban J connectivity index is 1.18. The van der Waals surface area contributed by atoms with Crippen LogP contribution < -0.4 is 10.1 Å². The Labute approximate surface area is 250 Å². The number of ether oxygens (including phenoxy) is 1. The van der Waals surface area contributed by atoms with Gasteiger partial charge in [0.05, 0.1) is 4.90 Å². The summed E-state index contributed by atoms with van der Waals surface area (Å²) in [6.45, 7) is 5.05. The number of nitrogens with zero attached hydrogens (tertiary/aromatic N) is 2. The fourth-order valence-electron chi connectivity index (χ4n) is 6.82. The van der Waals surface area contributed by atoms with Crippen LogP contribution in [0.2, 0.25) is 0 Å². The van der Waals surface area contributed by atoms with Crippen molar-refractivity contribution < 1.29 is 22.7 Å². The summed E-state index contributed by atoms with van der Waals surface area (Å²) in [7, 11) is -3.24. The van der Waals surface area contributed by atoms with E-state index < -0.39 is 15.4 Å². The van der Waals surface area contributed by atoms with Crippen molar-refractivity contribution in [3.63, 3.8) is 0 Å². The molecule has 1 atom stereocenters. The van der Waals surface area contributed by atoms with Crippen molar-refractivity contribution in [3.8, 4) is 11.5 Å². The van der Waals surface area contributed by atoms with Crippen LogP contribution in [0, 0.1) is 5.92 Å². The average Bonchev–Trinajstić information content (AvgIpc) is 2.98. The molecule has 5 rings (SSSR count). The number of sulfone groups is 1. The van der Waals surface area contributed by atoms with E-state index in [1.165, 1.54) is 38.4 Å². The van der Waals surface area contributed by atoms with Crippen LogP contribution in [0.3, 0.4) is 0 Å². The number of benzene rings is 2. The van der Waals surface area contributed by atoms with E-state index in [2.05, 4.69) is 17.1 Å². The summed E-state index contributed by atoms with van der Waals surface area (Å²) in [5.74, 6) is 1.96. The van der Waals surface area contributed by atoms with Gasteiger partial charge in [-0.05, 0) is 73.6 Å². The van der Waals surface area contributed by atoms with Crippen molar-refractivity contribution in [2.75, 3.05) is 25.9 Å². The van der Waals surface area contributed by atoms with Gasteiger partial charge in [-0.3, -0.25) is 14.5 Å². The Morgan fingerprint density at radius 2 is 1.55 bits per heavy atom. The van der Waals surface area contributed by atoms with E-state index in [0.717, 1.165) is 44.5 Å². The lowest BCUT2D eigenvalue weighted by atomic mass is 9.79. The number of nitrogens with one attached hydrogen (secondary N) is 1. The first kappa shape index (κ1) is 30.5. The number of piperazine rings is 1. The molecule has 2 amide bonds. The fraction of sp³-hybridized carbons (Fsp3) is 0.576. The fourth-order valence-corrected chi connectivity index (χ4v) is 7.45. The van der Waals surface area contributed by atoms with Gasteiger partial charge in [0.25, 0.3) is 0 Å². The molecule has 1 N–H and O–H groups in total. The van der Waals surface area contributed by atoms with Gasteiger partial charge < -0.3 is 15.0 Å². The lowest BCUT2D eigenvalue weighted by Crippen LogP contribution is -2.73. The SMILES string of the molecule is CCCCN1C(=O)[C@H](CC2CCCCC2)NC(=O)C12CCN(Cc1ccc(Oc3ccc(S(C)(=O)=O)cc3)cc1)CC2. The first-order valence-electron chi connectivity index (χ1n) is 15.6. The number of hydrogen-bond donors (Lipinski definition) is 1. The van der Waals surface area contributed by atoms with Crippen LogP contribution in [0.25, 0.3) is 0 Å². The summed E-state index contributed by atoms with van der Waals surface area (Å²) in [4.78, 5) is 32.1. The molecule has 2 saturated heterocycles. The molecular weight excluding hydrogens is 550 g/mol. The predicted molar refractivity (Wildman–Crippen MR) is 163 cm³/mol. The standard InChI is InChI=1S/C33H45N3O5S/c1-3-4-20-36-31(37)30(23-25-8-6-5-7-9-25)34-32(38)33(36)18-21-35(22-19-33)24-26-10-12-27(13-11-26)41-28-14-16-29(17-15-28)42(2,39)40/h10-17,25,30H,3-9,18-24H2,1-2H3,(H,34,38)/t30-/m0/s1. The van der Waals surface area contributed by atoms with Gasteiger partial charge in [0.1, 0.15) is 23.1 Å². The normalized spacial score (nSPS) is 21.9. The maximum Gasteiger partial charge on any atom is 0.246 e. The van der Waals surface area contributed by atoms with E-state index in [4.69, 9.17) is 4.74 Å². The highest BCUT2D eigenvalue weighted by molar-refractivity contribution is 7.90. The molecular formula is C33H45N3O5S. The summed E-state index contributed by atoms with van der Waals surface area (Å²) < 4.78 is 29.3. The molecule has 0 unspecified atom stereocenters. The number of piperidine rings is 1. The Hall–Kier alpha value is -2.91. The summed E-state index contributed by atoms with van der Waals surface area (Å²) in [6.07, 6.45) is 11.2. The summed E-state index contributed by atoms with van der Waals surface area (Å²) in [6, 6.07) is 13.9. The van der Waals surface area contributed by atoms with Crippen LogP contribution in [-0.4, -0.2) is 67.5 Å². The quantitative estimate of drug-likeness (QED) is 0.400. The molecule has 0 aromatic heterocycles. The number of carbonyl (C=O) groups is 2. The van der Waals surface area contributed by atoms with Gasteiger partial charge >= 0.3 is 0 Å². The van der Waals surface area contributed by atoms with Crippen molar-refractivity contribution in [1.29, 1.82) is 0 Å². The highest BCUT2D eigenvalue weighted by atomic mass is 32.2. The molecule has 3 aliphatic rings. The molecule has 2 aromatic carbocycles. The molecule has 228 valence electrons. The topological polar surface area (TPSA) is 96.0 Å². The zero-order chi connectivity index (χ0) is 29.7. The van der Waals surface area contributed by atoms with Gasteiger partial charge in [-0.1, -0.05) is 57.6 Å². The monoisotopic (exact) mass is 595 g/mol. The van der Waals surface area contributed by atoms with E-state index in [9.17, 15) is 18.0 Å². The highest BCUT2D eigenvalue weighted by Crippen LogP contribution is 2.36. The van der Waals surface area contributed by atoms with Crippen molar-refractivity contribution in [2.24, 2.45) is 5.92 Å². The van der Waals surface area contributed by atoms with Gasteiger partial charge in [0.2, 0.25) is 11.8 Å². The lowest BCUT2D eigenvalue weighted by Gasteiger charge is -2.52. The minimum atomic E-state index is -3.24. The Morgan fingerprint density at radius 1 is 0.929 bits per heavy atom. The maximum absolute atomic E-state index is 13.8. The largest absolute Gasteiger partial charge is 0.457 e. The Bertz CT molecular complexity index is 1330. The second-order valence-electron chi connectivity index (χ2n) is 12.4. The van der Waals surface area contributed by atoms with Gasteiger partial charge in [0, 0.05) is 32.4 Å². The van der Waals surface area contributed by atoms with Gasteiger partial charge in [-0.25, -0.2) is 8.42 Å². The van der Waals surface area contributed by atoms with Crippen molar-refractivity contribution >= 4 is 21.7 Å². The molecule has 42 heavy (non-hydrogen) atoms. The number of rotatable bonds is 10. The molecule has 2 aromatic rings. The van der Waals surface area contributed by atoms with Crippen LogP contribution in [0.4, 0.5) is 0 Å². The summed E-state index contributed by atoms with van der Waals surface area (Å²) >= 11 is 0. The van der Waals surface area contributed by atoms with E-state index in [-0.39, 0.29) is 22.8 Å². The molecule has 8 nitrogen and oxygen atoms in total. The molecule has 9 heteroatoms. The van der Waals surface area contributed by atoms with E-state index >= 15 is 0 Å². The third-order valence-electron chi connectivity index (χ3n) is 9.34. The van der Waals surface area contributed by atoms with Crippen molar-refractivity contribution in [1.82, 2.24) is 15.1 Å². The molecule has 0 radical (unpaired) electrons. The number of unbranched alkanes of at least 4 members (excludes halogenated alkanes) is 1. The predicted octanol–water partition coefficient (Wildman–Crippen LogP) is 5.31. The van der Waals surface area contributed by atoms with Crippen LogP contribution in [-0.2, 0) is 26.0 Å². The van der Waals surface area contributed by atoms with Crippen molar-refractivity contribution in [2.45, 2.75) is 94.2 Å². The van der Waals surface area contributed by atoms with Crippen molar-refractivity contribution in [3.05, 3.63) is 54.1 Å². The first-order valence-corrected chi connectivity index (χ1v) is 17.5. The summed E-state index contributed by atoms with van der Waals surface area (Å²) in [5, 5.41) is 3.19. The smallest absolute Gasteiger partial charge is 0.246 e. The minimum absolute atomic E-state index is 0.0460. The molecule has 1 saturated carbocycles. The zero-order valence-electron chi connectivity index (χ0n) is 25.0. The second kappa shape index (κ2) is 13.2. The molecule has 3 fully saturated rings.